The summed E-state index contributed by atoms with van der Waals surface area (Å²) in [6.45, 7) is 11.8. The van der Waals surface area contributed by atoms with Crippen molar-refractivity contribution in [3.63, 3.8) is 0 Å². The average molecular weight is 212 g/mol. The van der Waals surface area contributed by atoms with E-state index in [1.165, 1.54) is 12.8 Å². The van der Waals surface area contributed by atoms with Gasteiger partial charge in [0, 0.05) is 6.42 Å². The minimum Gasteiger partial charge on any atom is -0.342 e. The second-order valence-electron chi connectivity index (χ2n) is 6.85. The van der Waals surface area contributed by atoms with Crippen molar-refractivity contribution in [2.45, 2.75) is 65.3 Å². The first kappa shape index (κ1) is 11.4. The summed E-state index contributed by atoms with van der Waals surface area (Å²) in [5.74, 6) is 0.631. The summed E-state index contributed by atoms with van der Waals surface area (Å²) in [4.78, 5) is 0. The molecule has 2 heteroatoms. The van der Waals surface area contributed by atoms with Gasteiger partial charge in [0.25, 0.3) is 0 Å². The van der Waals surface area contributed by atoms with Gasteiger partial charge in [0.15, 0.2) is 5.79 Å². The Bertz CT molecular complexity index is 242. The molecule has 0 radical (unpaired) electrons. The molecule has 1 heterocycles. The maximum absolute atomic E-state index is 6.03. The first-order valence-corrected chi connectivity index (χ1v) is 6.07. The Morgan fingerprint density at radius 3 is 2.07 bits per heavy atom. The van der Waals surface area contributed by atoms with Crippen molar-refractivity contribution in [1.82, 2.24) is 0 Å². The van der Waals surface area contributed by atoms with Crippen molar-refractivity contribution in [2.75, 3.05) is 6.61 Å². The summed E-state index contributed by atoms with van der Waals surface area (Å²) in [6.07, 6.45) is 3.82. The van der Waals surface area contributed by atoms with Gasteiger partial charge in [0.1, 0.15) is 6.61 Å². The summed E-state index contributed by atoms with van der Waals surface area (Å²) >= 11 is 0. The number of epoxide rings is 1. The minimum absolute atomic E-state index is 0.101. The van der Waals surface area contributed by atoms with Gasteiger partial charge < -0.3 is 9.47 Å². The van der Waals surface area contributed by atoms with E-state index in [9.17, 15) is 0 Å². The molecule has 1 saturated carbocycles. The summed E-state index contributed by atoms with van der Waals surface area (Å²) in [5, 5.41) is 0. The summed E-state index contributed by atoms with van der Waals surface area (Å²) in [7, 11) is 0. The quantitative estimate of drug-likeness (QED) is 0.667. The van der Waals surface area contributed by atoms with Gasteiger partial charge >= 0.3 is 0 Å². The Morgan fingerprint density at radius 1 is 1.20 bits per heavy atom. The molecule has 1 aliphatic carbocycles. The fraction of sp³-hybridized carbons (Fsp3) is 1.00. The monoisotopic (exact) mass is 212 g/mol. The fourth-order valence-electron chi connectivity index (χ4n) is 2.54. The Hall–Kier alpha value is -0.0800. The fourth-order valence-corrected chi connectivity index (χ4v) is 2.54. The van der Waals surface area contributed by atoms with Crippen LogP contribution in [-0.2, 0) is 9.47 Å². The molecule has 1 aliphatic heterocycles. The third kappa shape index (κ3) is 2.94. The molecule has 1 unspecified atom stereocenters. The molecule has 0 aromatic heterocycles. The van der Waals surface area contributed by atoms with Gasteiger partial charge in [-0.1, -0.05) is 13.8 Å². The normalized spacial score (nSPS) is 31.8. The molecule has 1 saturated heterocycles. The predicted molar refractivity (Wildman–Crippen MR) is 60.6 cm³/mol. The summed E-state index contributed by atoms with van der Waals surface area (Å²) in [6, 6.07) is 0. The topological polar surface area (TPSA) is 21.8 Å². The highest BCUT2D eigenvalue weighted by molar-refractivity contribution is 4.96. The zero-order valence-electron chi connectivity index (χ0n) is 10.7. The van der Waals surface area contributed by atoms with Crippen molar-refractivity contribution < 1.29 is 9.47 Å². The molecule has 2 rings (SSSR count). The van der Waals surface area contributed by atoms with Crippen LogP contribution in [0.5, 0.6) is 0 Å². The van der Waals surface area contributed by atoms with Crippen LogP contribution in [0.15, 0.2) is 0 Å². The Kier molecular flexibility index (Phi) is 2.44. The Balaban J connectivity index is 1.93. The van der Waals surface area contributed by atoms with Gasteiger partial charge in [-0.15, -0.1) is 0 Å². The van der Waals surface area contributed by atoms with Crippen molar-refractivity contribution in [2.24, 2.45) is 11.3 Å². The largest absolute Gasteiger partial charge is 0.342 e. The van der Waals surface area contributed by atoms with E-state index in [0.29, 0.717) is 5.41 Å². The predicted octanol–water partition coefficient (Wildman–Crippen LogP) is 3.35. The van der Waals surface area contributed by atoms with Gasteiger partial charge in [0.05, 0.1) is 5.60 Å². The molecule has 2 aliphatic rings. The van der Waals surface area contributed by atoms with Crippen LogP contribution >= 0.6 is 0 Å². The van der Waals surface area contributed by atoms with Crippen molar-refractivity contribution >= 4 is 0 Å². The second-order valence-corrected chi connectivity index (χ2v) is 6.85. The van der Waals surface area contributed by atoms with E-state index in [0.717, 1.165) is 18.9 Å². The van der Waals surface area contributed by atoms with E-state index >= 15 is 0 Å². The van der Waals surface area contributed by atoms with Crippen molar-refractivity contribution in [3.05, 3.63) is 0 Å². The zero-order valence-corrected chi connectivity index (χ0v) is 10.7. The van der Waals surface area contributed by atoms with Crippen LogP contribution in [0.3, 0.4) is 0 Å². The lowest BCUT2D eigenvalue weighted by Crippen LogP contribution is -2.34. The molecule has 2 nitrogen and oxygen atoms in total. The van der Waals surface area contributed by atoms with Gasteiger partial charge in [-0.05, 0) is 44.9 Å². The Morgan fingerprint density at radius 2 is 1.73 bits per heavy atom. The van der Waals surface area contributed by atoms with Gasteiger partial charge in [-0.2, -0.15) is 0 Å². The van der Waals surface area contributed by atoms with E-state index in [2.05, 4.69) is 34.6 Å². The molecule has 0 aromatic rings. The van der Waals surface area contributed by atoms with E-state index in [-0.39, 0.29) is 11.4 Å². The highest BCUT2D eigenvalue weighted by atomic mass is 16.8. The zero-order chi connectivity index (χ0) is 11.3. The highest BCUT2D eigenvalue weighted by Gasteiger charge is 2.54. The van der Waals surface area contributed by atoms with E-state index in [1.54, 1.807) is 0 Å². The summed E-state index contributed by atoms with van der Waals surface area (Å²) < 4.78 is 11.6. The Labute approximate surface area is 93.3 Å². The lowest BCUT2D eigenvalue weighted by atomic mass is 9.81. The lowest BCUT2D eigenvalue weighted by molar-refractivity contribution is -0.144. The number of rotatable bonds is 4. The van der Waals surface area contributed by atoms with E-state index in [1.807, 2.05) is 0 Å². The molecule has 2 fully saturated rings. The van der Waals surface area contributed by atoms with Gasteiger partial charge in [-0.3, -0.25) is 0 Å². The SMILES string of the molecule is CC(C)(C)OC1(CC(C)(C)C2CC2)CO1. The van der Waals surface area contributed by atoms with Crippen LogP contribution in [0.25, 0.3) is 0 Å². The first-order chi connectivity index (χ1) is 6.73. The molecule has 15 heavy (non-hydrogen) atoms. The molecule has 0 bridgehead atoms. The molecule has 0 N–H and O–H groups in total. The molecule has 0 spiro atoms. The van der Waals surface area contributed by atoms with Crippen LogP contribution < -0.4 is 0 Å². The standard InChI is InChI=1S/C13H24O2/c1-11(2,3)15-13(9-14-13)8-12(4,5)10-6-7-10/h10H,6-9H2,1-5H3. The summed E-state index contributed by atoms with van der Waals surface area (Å²) in [5.41, 5.74) is 0.276. The average Bonchev–Trinajstić information content (AvgIpc) is 2.73. The third-order valence-electron chi connectivity index (χ3n) is 3.37. The van der Waals surface area contributed by atoms with E-state index in [4.69, 9.17) is 9.47 Å². The van der Waals surface area contributed by atoms with Crippen molar-refractivity contribution in [3.8, 4) is 0 Å². The van der Waals surface area contributed by atoms with Gasteiger partial charge in [-0.25, -0.2) is 0 Å². The molecule has 0 amide bonds. The molecule has 88 valence electrons. The van der Waals surface area contributed by atoms with Crippen LogP contribution in [0.1, 0.15) is 53.9 Å². The smallest absolute Gasteiger partial charge is 0.193 e. The molecule has 1 atom stereocenters. The molecular weight excluding hydrogens is 188 g/mol. The molecular formula is C13H24O2. The van der Waals surface area contributed by atoms with Crippen LogP contribution in [-0.4, -0.2) is 18.0 Å². The maximum Gasteiger partial charge on any atom is 0.193 e. The van der Waals surface area contributed by atoms with Crippen LogP contribution in [0.2, 0.25) is 0 Å². The number of hydrogen-bond acceptors (Lipinski definition) is 2. The van der Waals surface area contributed by atoms with Crippen LogP contribution in [0, 0.1) is 11.3 Å². The van der Waals surface area contributed by atoms with Gasteiger partial charge in [0.2, 0.25) is 0 Å². The maximum atomic E-state index is 6.03. The number of ether oxygens (including phenoxy) is 2. The second kappa shape index (κ2) is 3.21. The number of hydrogen-bond donors (Lipinski definition) is 0. The molecule has 0 aromatic carbocycles. The lowest BCUT2D eigenvalue weighted by Gasteiger charge is -2.32. The highest BCUT2D eigenvalue weighted by Crippen LogP contribution is 2.53. The minimum atomic E-state index is -0.260. The first-order valence-electron chi connectivity index (χ1n) is 6.07. The van der Waals surface area contributed by atoms with Crippen LogP contribution in [0.4, 0.5) is 0 Å². The van der Waals surface area contributed by atoms with Crippen molar-refractivity contribution in [1.29, 1.82) is 0 Å². The van der Waals surface area contributed by atoms with E-state index < -0.39 is 0 Å². The third-order valence-corrected chi connectivity index (χ3v) is 3.37.